The molecule has 1 saturated heterocycles. The number of cyclic esters (lactones) is 1. The van der Waals surface area contributed by atoms with E-state index in [0.717, 1.165) is 5.56 Å². The van der Waals surface area contributed by atoms with Gasteiger partial charge in [0.05, 0.1) is 6.54 Å². The number of rotatable bonds is 5. The third-order valence-electron chi connectivity index (χ3n) is 3.76. The molecule has 0 aliphatic carbocycles. The van der Waals surface area contributed by atoms with Gasteiger partial charge < -0.3 is 15.0 Å². The molecule has 2 aromatic carbocycles. The van der Waals surface area contributed by atoms with Crippen LogP contribution in [0.5, 0.6) is 0 Å². The zero-order valence-corrected chi connectivity index (χ0v) is 12.6. The molecule has 0 aromatic heterocycles. The molecule has 0 radical (unpaired) electrons. The molecule has 3 rings (SSSR count). The fraction of sp³-hybridized carbons (Fsp3) is 0.222. The predicted octanol–water partition coefficient (Wildman–Crippen LogP) is 2.61. The monoisotopic (exact) mass is 310 g/mol. The second kappa shape index (κ2) is 6.96. The molecule has 5 heteroatoms. The lowest BCUT2D eigenvalue weighted by molar-refractivity contribution is 0.0948. The second-order valence-electron chi connectivity index (χ2n) is 5.35. The number of hydrogen-bond donors (Lipinski definition) is 1. The van der Waals surface area contributed by atoms with Crippen molar-refractivity contribution in [3.05, 3.63) is 71.8 Å². The molecule has 0 spiro atoms. The van der Waals surface area contributed by atoms with Crippen molar-refractivity contribution in [3.8, 4) is 0 Å². The van der Waals surface area contributed by atoms with E-state index in [0.29, 0.717) is 25.2 Å². The van der Waals surface area contributed by atoms with Crippen LogP contribution >= 0.6 is 0 Å². The minimum atomic E-state index is -0.340. The molecule has 1 aliphatic rings. The molecule has 5 nitrogen and oxygen atoms in total. The summed E-state index contributed by atoms with van der Waals surface area (Å²) in [6.45, 7) is 1.33. The number of amides is 2. The molecule has 1 heterocycles. The standard InChI is InChI=1S/C18H18N2O3/c21-17(15-9-5-2-6-10-15)19-11-12-20-13-16(23-18(20)22)14-7-3-1-4-8-14/h1-10,16H,11-13H2,(H,19,21). The van der Waals surface area contributed by atoms with Gasteiger partial charge in [0.1, 0.15) is 6.10 Å². The van der Waals surface area contributed by atoms with E-state index in [2.05, 4.69) is 5.32 Å². The average molecular weight is 310 g/mol. The fourth-order valence-electron chi connectivity index (χ4n) is 2.53. The summed E-state index contributed by atoms with van der Waals surface area (Å²) in [4.78, 5) is 25.4. The SMILES string of the molecule is O=C(NCCN1CC(c2ccccc2)OC1=O)c1ccccc1. The maximum atomic E-state index is 11.9. The van der Waals surface area contributed by atoms with Gasteiger partial charge in [0.15, 0.2) is 0 Å². The van der Waals surface area contributed by atoms with Gasteiger partial charge in [-0.2, -0.15) is 0 Å². The molecule has 2 aromatic rings. The van der Waals surface area contributed by atoms with E-state index in [-0.39, 0.29) is 18.1 Å². The van der Waals surface area contributed by atoms with Gasteiger partial charge in [-0.1, -0.05) is 48.5 Å². The number of ether oxygens (including phenoxy) is 1. The number of carbonyl (C=O) groups is 2. The Bertz CT molecular complexity index is 673. The summed E-state index contributed by atoms with van der Waals surface area (Å²) in [6, 6.07) is 18.7. The van der Waals surface area contributed by atoms with Crippen LogP contribution in [0.15, 0.2) is 60.7 Å². The Kier molecular flexibility index (Phi) is 4.57. The number of hydrogen-bond acceptors (Lipinski definition) is 3. The van der Waals surface area contributed by atoms with E-state index in [4.69, 9.17) is 4.74 Å². The molecule has 118 valence electrons. The molecular formula is C18H18N2O3. The van der Waals surface area contributed by atoms with Crippen LogP contribution in [-0.4, -0.2) is 36.5 Å². The summed E-state index contributed by atoms with van der Waals surface area (Å²) in [6.07, 6.45) is -0.582. The first-order chi connectivity index (χ1) is 11.2. The molecule has 1 atom stereocenters. The Morgan fingerprint density at radius 1 is 1.09 bits per heavy atom. The Balaban J connectivity index is 1.49. The van der Waals surface area contributed by atoms with Crippen molar-refractivity contribution >= 4 is 12.0 Å². The third kappa shape index (κ3) is 3.69. The number of benzene rings is 2. The molecule has 2 amide bonds. The molecule has 23 heavy (non-hydrogen) atoms. The number of nitrogens with one attached hydrogen (secondary N) is 1. The van der Waals surface area contributed by atoms with E-state index in [1.54, 1.807) is 17.0 Å². The normalized spacial score (nSPS) is 17.0. The lowest BCUT2D eigenvalue weighted by Crippen LogP contribution is -2.35. The summed E-state index contributed by atoms with van der Waals surface area (Å²) in [5, 5.41) is 2.81. The summed E-state index contributed by atoms with van der Waals surface area (Å²) in [7, 11) is 0. The summed E-state index contributed by atoms with van der Waals surface area (Å²) in [5.41, 5.74) is 1.59. The molecular weight excluding hydrogens is 292 g/mol. The first-order valence-corrected chi connectivity index (χ1v) is 7.58. The van der Waals surface area contributed by atoms with E-state index >= 15 is 0 Å². The molecule has 1 fully saturated rings. The Labute approximate surface area is 134 Å². The van der Waals surface area contributed by atoms with Gasteiger partial charge >= 0.3 is 6.09 Å². The first-order valence-electron chi connectivity index (χ1n) is 7.58. The van der Waals surface area contributed by atoms with Gasteiger partial charge in [-0.05, 0) is 17.7 Å². The van der Waals surface area contributed by atoms with Crippen LogP contribution in [0.1, 0.15) is 22.0 Å². The lowest BCUT2D eigenvalue weighted by atomic mass is 10.1. The minimum Gasteiger partial charge on any atom is -0.439 e. The number of carbonyl (C=O) groups excluding carboxylic acids is 2. The Morgan fingerprint density at radius 3 is 2.43 bits per heavy atom. The van der Waals surface area contributed by atoms with Crippen molar-refractivity contribution in [1.82, 2.24) is 10.2 Å². The maximum absolute atomic E-state index is 11.9. The van der Waals surface area contributed by atoms with E-state index in [1.165, 1.54) is 0 Å². The lowest BCUT2D eigenvalue weighted by Gasteiger charge is -2.13. The quantitative estimate of drug-likeness (QED) is 0.923. The highest BCUT2D eigenvalue weighted by Gasteiger charge is 2.31. The molecule has 1 unspecified atom stereocenters. The highest BCUT2D eigenvalue weighted by Crippen LogP contribution is 2.25. The van der Waals surface area contributed by atoms with Gasteiger partial charge in [0.25, 0.3) is 5.91 Å². The molecule has 1 aliphatic heterocycles. The van der Waals surface area contributed by atoms with Gasteiger partial charge in [-0.15, -0.1) is 0 Å². The zero-order chi connectivity index (χ0) is 16.1. The third-order valence-corrected chi connectivity index (χ3v) is 3.76. The van der Waals surface area contributed by atoms with E-state index in [1.807, 2.05) is 48.5 Å². The Morgan fingerprint density at radius 2 is 1.74 bits per heavy atom. The van der Waals surface area contributed by atoms with Crippen LogP contribution in [0.25, 0.3) is 0 Å². The highest BCUT2D eigenvalue weighted by molar-refractivity contribution is 5.94. The zero-order valence-electron chi connectivity index (χ0n) is 12.6. The van der Waals surface area contributed by atoms with Crippen LogP contribution in [0.4, 0.5) is 4.79 Å². The fourth-order valence-corrected chi connectivity index (χ4v) is 2.53. The van der Waals surface area contributed by atoms with Crippen LogP contribution in [0.2, 0.25) is 0 Å². The van der Waals surface area contributed by atoms with E-state index < -0.39 is 0 Å². The van der Waals surface area contributed by atoms with Crippen molar-refractivity contribution in [2.75, 3.05) is 19.6 Å². The van der Waals surface area contributed by atoms with Crippen LogP contribution in [0.3, 0.4) is 0 Å². The van der Waals surface area contributed by atoms with Crippen LogP contribution in [-0.2, 0) is 4.74 Å². The van der Waals surface area contributed by atoms with Gasteiger partial charge in [-0.3, -0.25) is 4.79 Å². The van der Waals surface area contributed by atoms with Crippen molar-refractivity contribution < 1.29 is 14.3 Å². The van der Waals surface area contributed by atoms with Gasteiger partial charge in [0, 0.05) is 18.7 Å². The van der Waals surface area contributed by atoms with E-state index in [9.17, 15) is 9.59 Å². The van der Waals surface area contributed by atoms with Crippen LogP contribution in [0, 0.1) is 0 Å². The van der Waals surface area contributed by atoms with Crippen molar-refractivity contribution in [2.45, 2.75) is 6.10 Å². The Hall–Kier alpha value is -2.82. The molecule has 1 N–H and O–H groups in total. The molecule has 0 bridgehead atoms. The second-order valence-corrected chi connectivity index (χ2v) is 5.35. The van der Waals surface area contributed by atoms with Gasteiger partial charge in [-0.25, -0.2) is 4.79 Å². The van der Waals surface area contributed by atoms with Gasteiger partial charge in [0.2, 0.25) is 0 Å². The summed E-state index contributed by atoms with van der Waals surface area (Å²) in [5.74, 6) is -0.141. The van der Waals surface area contributed by atoms with Crippen molar-refractivity contribution in [2.24, 2.45) is 0 Å². The highest BCUT2D eigenvalue weighted by atomic mass is 16.6. The first kappa shape index (κ1) is 15.1. The summed E-state index contributed by atoms with van der Waals surface area (Å²) >= 11 is 0. The van der Waals surface area contributed by atoms with Crippen molar-refractivity contribution in [1.29, 1.82) is 0 Å². The largest absolute Gasteiger partial charge is 0.439 e. The smallest absolute Gasteiger partial charge is 0.410 e. The summed E-state index contributed by atoms with van der Waals surface area (Å²) < 4.78 is 5.38. The van der Waals surface area contributed by atoms with Crippen molar-refractivity contribution in [3.63, 3.8) is 0 Å². The maximum Gasteiger partial charge on any atom is 0.410 e. The predicted molar refractivity (Wildman–Crippen MR) is 86.0 cm³/mol. The minimum absolute atomic E-state index is 0.141. The number of nitrogens with zero attached hydrogens (tertiary/aromatic N) is 1. The van der Waals surface area contributed by atoms with Crippen LogP contribution < -0.4 is 5.32 Å². The topological polar surface area (TPSA) is 58.6 Å². The average Bonchev–Trinajstić information content (AvgIpc) is 2.97. The molecule has 0 saturated carbocycles.